The standard InChI is InChI=1S/C31H39ClFN5O3/c1-7-9-10-22(20(3)33)26-25(32)27-24(29(40)37-16-15-36(23(39)8-2)17-21(37)18-41-27)28(34-26)38-14-12-31(30(38,4)5)11-13-35(6)19-31/h7-10,21H,1-2,11-19H2,3-6H3/b10-9-,22-20-/t21-,31?/m1/s1. The summed E-state index contributed by atoms with van der Waals surface area (Å²) in [7, 11) is 2.14. The number of piperazine rings is 1. The van der Waals surface area contributed by atoms with E-state index >= 15 is 0 Å². The van der Waals surface area contributed by atoms with E-state index in [0.29, 0.717) is 37.6 Å². The highest BCUT2D eigenvalue weighted by Crippen LogP contribution is 2.54. The van der Waals surface area contributed by atoms with Gasteiger partial charge in [-0.05, 0) is 53.3 Å². The lowest BCUT2D eigenvalue weighted by molar-refractivity contribution is -0.128. The molecule has 3 fully saturated rings. The molecule has 1 aromatic heterocycles. The van der Waals surface area contributed by atoms with Crippen molar-refractivity contribution < 1.29 is 18.7 Å². The number of hydrogen-bond donors (Lipinski definition) is 0. The second kappa shape index (κ2) is 10.9. The van der Waals surface area contributed by atoms with Crippen LogP contribution in [0.2, 0.25) is 5.02 Å². The van der Waals surface area contributed by atoms with Gasteiger partial charge in [0.05, 0.1) is 11.7 Å². The predicted molar refractivity (Wildman–Crippen MR) is 160 cm³/mol. The van der Waals surface area contributed by atoms with Crippen LogP contribution in [0.4, 0.5) is 10.2 Å². The van der Waals surface area contributed by atoms with Crippen molar-refractivity contribution in [1.29, 1.82) is 0 Å². The molecule has 2 atom stereocenters. The molecule has 1 spiro atoms. The molecular formula is C31H39ClFN5O3. The van der Waals surface area contributed by atoms with E-state index in [1.54, 1.807) is 28.0 Å². The van der Waals surface area contributed by atoms with Crippen LogP contribution < -0.4 is 9.64 Å². The predicted octanol–water partition coefficient (Wildman–Crippen LogP) is 4.72. The number of allylic oxidation sites excluding steroid dienone is 5. The molecule has 8 nitrogen and oxygen atoms in total. The van der Waals surface area contributed by atoms with Gasteiger partial charge in [-0.15, -0.1) is 0 Å². The zero-order valence-electron chi connectivity index (χ0n) is 24.4. The summed E-state index contributed by atoms with van der Waals surface area (Å²) in [5, 5.41) is 0.0870. The maximum atomic E-state index is 15.0. The Morgan fingerprint density at radius 2 is 1.93 bits per heavy atom. The second-order valence-corrected chi connectivity index (χ2v) is 12.4. The van der Waals surface area contributed by atoms with Gasteiger partial charge in [0, 0.05) is 49.3 Å². The molecule has 0 saturated carbocycles. The van der Waals surface area contributed by atoms with Gasteiger partial charge in [0.2, 0.25) is 5.91 Å². The lowest BCUT2D eigenvalue weighted by Gasteiger charge is -2.44. The molecule has 0 aromatic carbocycles. The lowest BCUT2D eigenvalue weighted by Crippen LogP contribution is -2.57. The van der Waals surface area contributed by atoms with Crippen molar-refractivity contribution in [2.75, 3.05) is 57.8 Å². The number of halogens is 2. The molecule has 4 aliphatic heterocycles. The number of carbonyl (C=O) groups excluding carboxylic acids is 2. The van der Waals surface area contributed by atoms with E-state index in [-0.39, 0.29) is 57.5 Å². The largest absolute Gasteiger partial charge is 0.489 e. The average Bonchev–Trinajstić information content (AvgIpc) is 3.40. The van der Waals surface area contributed by atoms with Gasteiger partial charge in [0.1, 0.15) is 28.8 Å². The molecule has 1 aromatic rings. The maximum absolute atomic E-state index is 15.0. The van der Waals surface area contributed by atoms with Gasteiger partial charge < -0.3 is 24.3 Å². The monoisotopic (exact) mass is 583 g/mol. The first-order valence-corrected chi connectivity index (χ1v) is 14.5. The van der Waals surface area contributed by atoms with Gasteiger partial charge >= 0.3 is 0 Å². The minimum absolute atomic E-state index is 0.0153. The van der Waals surface area contributed by atoms with Crippen LogP contribution in [0.25, 0.3) is 5.57 Å². The summed E-state index contributed by atoms with van der Waals surface area (Å²) < 4.78 is 21.3. The first-order chi connectivity index (χ1) is 19.5. The molecule has 220 valence electrons. The third-order valence-electron chi connectivity index (χ3n) is 9.55. The summed E-state index contributed by atoms with van der Waals surface area (Å²) in [4.78, 5) is 39.7. The highest BCUT2D eigenvalue weighted by molar-refractivity contribution is 6.34. The Morgan fingerprint density at radius 3 is 2.56 bits per heavy atom. The van der Waals surface area contributed by atoms with Gasteiger partial charge in [-0.2, -0.15) is 0 Å². The third kappa shape index (κ3) is 4.77. The third-order valence-corrected chi connectivity index (χ3v) is 9.90. The fourth-order valence-corrected chi connectivity index (χ4v) is 7.32. The van der Waals surface area contributed by atoms with E-state index in [1.165, 1.54) is 13.0 Å². The van der Waals surface area contributed by atoms with Gasteiger partial charge in [-0.25, -0.2) is 9.37 Å². The molecule has 0 radical (unpaired) electrons. The first kappa shape index (κ1) is 29.3. The Hall–Kier alpha value is -3.17. The minimum Gasteiger partial charge on any atom is -0.489 e. The van der Waals surface area contributed by atoms with Gasteiger partial charge in [0.25, 0.3) is 5.91 Å². The number of pyridine rings is 1. The Morgan fingerprint density at radius 1 is 1.20 bits per heavy atom. The second-order valence-electron chi connectivity index (χ2n) is 12.0. The normalized spacial score (nSPS) is 26.5. The molecular weight excluding hydrogens is 545 g/mol. The molecule has 0 bridgehead atoms. The van der Waals surface area contributed by atoms with Gasteiger partial charge in [-0.3, -0.25) is 9.59 Å². The summed E-state index contributed by atoms with van der Waals surface area (Å²) in [6, 6.07) is -0.375. The van der Waals surface area contributed by atoms with Crippen molar-refractivity contribution in [2.24, 2.45) is 5.41 Å². The van der Waals surface area contributed by atoms with Crippen molar-refractivity contribution in [2.45, 2.75) is 45.2 Å². The molecule has 5 heterocycles. The van der Waals surface area contributed by atoms with Crippen LogP contribution in [0, 0.1) is 5.41 Å². The average molecular weight is 584 g/mol. The van der Waals surface area contributed by atoms with Crippen molar-refractivity contribution in [1.82, 2.24) is 19.7 Å². The number of aromatic nitrogens is 1. The van der Waals surface area contributed by atoms with Crippen molar-refractivity contribution >= 4 is 34.8 Å². The van der Waals surface area contributed by atoms with E-state index < -0.39 is 5.83 Å². The maximum Gasteiger partial charge on any atom is 0.261 e. The number of carbonyl (C=O) groups is 2. The van der Waals surface area contributed by atoms with Crippen molar-refractivity contribution in [3.63, 3.8) is 0 Å². The molecule has 2 amide bonds. The number of amides is 2. The van der Waals surface area contributed by atoms with Gasteiger partial charge in [0.15, 0.2) is 5.75 Å². The molecule has 4 aliphatic rings. The van der Waals surface area contributed by atoms with Crippen LogP contribution >= 0.6 is 11.6 Å². The van der Waals surface area contributed by atoms with E-state index in [1.807, 2.05) is 0 Å². The highest BCUT2D eigenvalue weighted by atomic mass is 35.5. The smallest absolute Gasteiger partial charge is 0.261 e. The highest BCUT2D eigenvalue weighted by Gasteiger charge is 2.57. The number of rotatable bonds is 5. The van der Waals surface area contributed by atoms with Crippen LogP contribution in [0.5, 0.6) is 5.75 Å². The topological polar surface area (TPSA) is 69.2 Å². The van der Waals surface area contributed by atoms with Crippen LogP contribution in [-0.2, 0) is 4.79 Å². The molecule has 3 saturated heterocycles. The number of likely N-dealkylation sites (tertiary alicyclic amines) is 1. The lowest BCUT2D eigenvalue weighted by atomic mass is 9.71. The van der Waals surface area contributed by atoms with Crippen LogP contribution in [0.1, 0.15) is 49.7 Å². The summed E-state index contributed by atoms with van der Waals surface area (Å²) in [5.41, 5.74) is 0.379. The van der Waals surface area contributed by atoms with E-state index in [9.17, 15) is 14.0 Å². The molecule has 10 heteroatoms. The summed E-state index contributed by atoms with van der Waals surface area (Å²) in [5.74, 6) is -0.229. The van der Waals surface area contributed by atoms with Gasteiger partial charge in [-0.1, -0.05) is 43.0 Å². The van der Waals surface area contributed by atoms with Crippen molar-refractivity contribution in [3.05, 3.63) is 59.6 Å². The quantitative estimate of drug-likeness (QED) is 0.369. The Kier molecular flexibility index (Phi) is 7.80. The number of anilines is 1. The zero-order chi connectivity index (χ0) is 29.7. The molecule has 1 unspecified atom stereocenters. The Labute approximate surface area is 246 Å². The molecule has 0 N–H and O–H groups in total. The molecule has 41 heavy (non-hydrogen) atoms. The zero-order valence-corrected chi connectivity index (χ0v) is 25.1. The summed E-state index contributed by atoms with van der Waals surface area (Å²) in [6.07, 6.45) is 8.03. The number of hydrogen-bond acceptors (Lipinski definition) is 6. The molecule has 5 rings (SSSR count). The minimum atomic E-state index is -0.464. The van der Waals surface area contributed by atoms with E-state index in [0.717, 1.165) is 25.9 Å². The van der Waals surface area contributed by atoms with Crippen LogP contribution in [-0.4, -0.2) is 96.0 Å². The Balaban J connectivity index is 1.68. The summed E-state index contributed by atoms with van der Waals surface area (Å²) in [6.45, 7) is 16.9. The number of nitrogens with zero attached hydrogens (tertiary/aromatic N) is 5. The van der Waals surface area contributed by atoms with Crippen LogP contribution in [0.15, 0.2) is 43.3 Å². The SMILES string of the molecule is C=C/C=C\C(=C(/C)F)c1nc(N2CCC3(CCN(C)C3)C2(C)C)c2c(c1Cl)OC[C@H]1CN(C(=O)C=C)CCN1C2=O. The number of ether oxygens (including phenoxy) is 1. The fourth-order valence-electron chi connectivity index (χ4n) is 7.02. The first-order valence-electron chi connectivity index (χ1n) is 14.2. The number of fused-ring (bicyclic) bond motifs is 2. The fraction of sp³-hybridized carbons (Fsp3) is 0.516. The van der Waals surface area contributed by atoms with Crippen molar-refractivity contribution in [3.8, 4) is 5.75 Å². The van der Waals surface area contributed by atoms with E-state index in [4.69, 9.17) is 21.3 Å². The Bertz CT molecular complexity index is 1350. The summed E-state index contributed by atoms with van der Waals surface area (Å²) >= 11 is 6.95. The molecule has 0 aliphatic carbocycles. The van der Waals surface area contributed by atoms with Crippen LogP contribution in [0.3, 0.4) is 0 Å². The van der Waals surface area contributed by atoms with E-state index in [2.05, 4.69) is 43.9 Å².